The Morgan fingerprint density at radius 1 is 1.32 bits per heavy atom. The summed E-state index contributed by atoms with van der Waals surface area (Å²) in [7, 11) is 0. The molecule has 19 heavy (non-hydrogen) atoms. The predicted octanol–water partition coefficient (Wildman–Crippen LogP) is 3.43. The molecule has 0 spiro atoms. The molecule has 2 N–H and O–H groups in total. The molecule has 2 rings (SSSR count). The number of aryl methyl sites for hydroxylation is 2. The predicted molar refractivity (Wildman–Crippen MR) is 82.3 cm³/mol. The van der Waals surface area contributed by atoms with E-state index < -0.39 is 0 Å². The second-order valence-corrected chi connectivity index (χ2v) is 6.15. The Labute approximate surface area is 118 Å². The van der Waals surface area contributed by atoms with Crippen LogP contribution in [0, 0.1) is 19.8 Å². The lowest BCUT2D eigenvalue weighted by Crippen LogP contribution is -2.30. The zero-order chi connectivity index (χ0) is 13.8. The van der Waals surface area contributed by atoms with Crippen LogP contribution in [0.4, 0.5) is 0 Å². The van der Waals surface area contributed by atoms with Gasteiger partial charge in [0.2, 0.25) is 0 Å². The zero-order valence-corrected chi connectivity index (χ0v) is 12.7. The van der Waals surface area contributed by atoms with Gasteiger partial charge in [-0.25, -0.2) is 0 Å². The van der Waals surface area contributed by atoms with E-state index in [1.54, 1.807) is 0 Å². The molecule has 106 valence electrons. The molecule has 1 aliphatic heterocycles. The third kappa shape index (κ3) is 3.80. The Morgan fingerprint density at radius 3 is 2.79 bits per heavy atom. The quantitative estimate of drug-likeness (QED) is 0.879. The van der Waals surface area contributed by atoms with Crippen molar-refractivity contribution in [2.24, 2.45) is 11.7 Å². The summed E-state index contributed by atoms with van der Waals surface area (Å²) < 4.78 is 0. The van der Waals surface area contributed by atoms with Crippen LogP contribution in [0.5, 0.6) is 0 Å². The van der Waals surface area contributed by atoms with Crippen LogP contribution in [0.3, 0.4) is 0 Å². The Morgan fingerprint density at radius 2 is 2.11 bits per heavy atom. The Hall–Kier alpha value is -0.860. The summed E-state index contributed by atoms with van der Waals surface area (Å²) in [6, 6.07) is 6.78. The fourth-order valence-corrected chi connectivity index (χ4v) is 3.10. The number of hydrogen-bond donors (Lipinski definition) is 1. The van der Waals surface area contributed by atoms with E-state index >= 15 is 0 Å². The maximum absolute atomic E-state index is 6.37. The Balaban J connectivity index is 1.90. The first kappa shape index (κ1) is 14.5. The van der Waals surface area contributed by atoms with Crippen LogP contribution in [0.25, 0.3) is 0 Å². The number of rotatable bonds is 5. The van der Waals surface area contributed by atoms with E-state index in [4.69, 9.17) is 5.73 Å². The van der Waals surface area contributed by atoms with E-state index in [1.807, 2.05) is 0 Å². The van der Waals surface area contributed by atoms with Crippen molar-refractivity contribution in [3.05, 3.63) is 34.9 Å². The second-order valence-electron chi connectivity index (χ2n) is 6.15. The fourth-order valence-electron chi connectivity index (χ4n) is 3.10. The van der Waals surface area contributed by atoms with Crippen molar-refractivity contribution >= 4 is 0 Å². The lowest BCUT2D eigenvalue weighted by Gasteiger charge is -2.21. The van der Waals surface area contributed by atoms with Crippen LogP contribution in [-0.2, 0) is 0 Å². The van der Waals surface area contributed by atoms with Crippen LogP contribution in [0.2, 0.25) is 0 Å². The van der Waals surface area contributed by atoms with Gasteiger partial charge in [0.15, 0.2) is 0 Å². The summed E-state index contributed by atoms with van der Waals surface area (Å²) in [5.41, 5.74) is 10.3. The van der Waals surface area contributed by atoms with Crippen LogP contribution in [0.1, 0.15) is 48.9 Å². The van der Waals surface area contributed by atoms with Gasteiger partial charge < -0.3 is 10.6 Å². The first-order chi connectivity index (χ1) is 9.10. The lowest BCUT2D eigenvalue weighted by atomic mass is 10.0. The number of likely N-dealkylation sites (tertiary alicyclic amines) is 1. The molecule has 0 bridgehead atoms. The van der Waals surface area contributed by atoms with Gasteiger partial charge in [0.25, 0.3) is 0 Å². The second kappa shape index (κ2) is 6.53. The third-order valence-electron chi connectivity index (χ3n) is 4.48. The molecular formula is C17H28N2. The van der Waals surface area contributed by atoms with Gasteiger partial charge in [-0.05, 0) is 55.8 Å². The molecule has 0 amide bonds. The number of hydrogen-bond acceptors (Lipinski definition) is 2. The summed E-state index contributed by atoms with van der Waals surface area (Å²) in [6.45, 7) is 10.1. The van der Waals surface area contributed by atoms with Crippen LogP contribution >= 0.6 is 0 Å². The molecule has 1 saturated heterocycles. The van der Waals surface area contributed by atoms with Gasteiger partial charge in [-0.2, -0.15) is 0 Å². The maximum Gasteiger partial charge on any atom is 0.0424 e. The molecule has 1 fully saturated rings. The highest BCUT2D eigenvalue weighted by Crippen LogP contribution is 2.23. The molecule has 2 heteroatoms. The number of benzene rings is 1. The molecule has 0 radical (unpaired) electrons. The molecule has 0 saturated carbocycles. The van der Waals surface area contributed by atoms with Crippen molar-refractivity contribution < 1.29 is 0 Å². The minimum atomic E-state index is 0.152. The summed E-state index contributed by atoms with van der Waals surface area (Å²) >= 11 is 0. The largest absolute Gasteiger partial charge is 0.323 e. The smallest absolute Gasteiger partial charge is 0.0424 e. The highest BCUT2D eigenvalue weighted by molar-refractivity contribution is 5.31. The van der Waals surface area contributed by atoms with Gasteiger partial charge in [-0.1, -0.05) is 31.5 Å². The highest BCUT2D eigenvalue weighted by Gasteiger charge is 2.23. The summed E-state index contributed by atoms with van der Waals surface area (Å²) in [5, 5.41) is 0. The van der Waals surface area contributed by atoms with Gasteiger partial charge >= 0.3 is 0 Å². The monoisotopic (exact) mass is 260 g/mol. The molecule has 0 aliphatic carbocycles. The zero-order valence-electron chi connectivity index (χ0n) is 12.7. The maximum atomic E-state index is 6.37. The normalized spacial score (nSPS) is 21.8. The van der Waals surface area contributed by atoms with Crippen molar-refractivity contribution in [2.75, 3.05) is 19.6 Å². The molecule has 1 aromatic rings. The average molecular weight is 260 g/mol. The fraction of sp³-hybridized carbons (Fsp3) is 0.647. The van der Waals surface area contributed by atoms with E-state index in [0.29, 0.717) is 0 Å². The summed E-state index contributed by atoms with van der Waals surface area (Å²) in [4.78, 5) is 2.54. The standard InChI is InChI=1S/C17H28N2/c1-4-5-15-8-9-19(11-15)12-17(18)16-7-6-13(2)14(3)10-16/h6-7,10,15,17H,4-5,8-9,11-12,18H2,1-3H3. The Kier molecular flexibility index (Phi) is 5.00. The van der Waals surface area contributed by atoms with E-state index in [0.717, 1.165) is 12.5 Å². The van der Waals surface area contributed by atoms with Crippen molar-refractivity contribution in [1.29, 1.82) is 0 Å². The Bertz CT molecular complexity index is 414. The third-order valence-corrected chi connectivity index (χ3v) is 4.48. The van der Waals surface area contributed by atoms with E-state index in [2.05, 4.69) is 43.9 Å². The van der Waals surface area contributed by atoms with E-state index in [9.17, 15) is 0 Å². The van der Waals surface area contributed by atoms with E-state index in [-0.39, 0.29) is 6.04 Å². The van der Waals surface area contributed by atoms with Gasteiger partial charge in [0.05, 0.1) is 0 Å². The number of nitrogens with zero attached hydrogens (tertiary/aromatic N) is 1. The molecule has 1 heterocycles. The number of nitrogens with two attached hydrogens (primary N) is 1. The SMILES string of the molecule is CCCC1CCN(CC(N)c2ccc(C)c(C)c2)C1. The van der Waals surface area contributed by atoms with Crippen molar-refractivity contribution in [3.63, 3.8) is 0 Å². The molecule has 1 aromatic carbocycles. The minimum Gasteiger partial charge on any atom is -0.323 e. The van der Waals surface area contributed by atoms with Gasteiger partial charge in [0, 0.05) is 19.1 Å². The lowest BCUT2D eigenvalue weighted by molar-refractivity contribution is 0.300. The molecule has 0 aromatic heterocycles. The topological polar surface area (TPSA) is 29.3 Å². The summed E-state index contributed by atoms with van der Waals surface area (Å²) in [5.74, 6) is 0.900. The molecule has 2 nitrogen and oxygen atoms in total. The van der Waals surface area contributed by atoms with Crippen molar-refractivity contribution in [3.8, 4) is 0 Å². The molecule has 2 unspecified atom stereocenters. The minimum absolute atomic E-state index is 0.152. The molecule has 1 aliphatic rings. The average Bonchev–Trinajstić information content (AvgIpc) is 2.80. The van der Waals surface area contributed by atoms with Gasteiger partial charge in [-0.15, -0.1) is 0 Å². The van der Waals surface area contributed by atoms with Crippen molar-refractivity contribution in [2.45, 2.75) is 46.1 Å². The summed E-state index contributed by atoms with van der Waals surface area (Å²) in [6.07, 6.45) is 4.03. The van der Waals surface area contributed by atoms with Crippen LogP contribution in [-0.4, -0.2) is 24.5 Å². The van der Waals surface area contributed by atoms with Gasteiger partial charge in [-0.3, -0.25) is 0 Å². The molecule has 2 atom stereocenters. The van der Waals surface area contributed by atoms with Crippen molar-refractivity contribution in [1.82, 2.24) is 4.90 Å². The van der Waals surface area contributed by atoms with Gasteiger partial charge in [0.1, 0.15) is 0 Å². The van der Waals surface area contributed by atoms with Crippen LogP contribution in [0.15, 0.2) is 18.2 Å². The van der Waals surface area contributed by atoms with E-state index in [1.165, 1.54) is 49.0 Å². The first-order valence-corrected chi connectivity index (χ1v) is 7.65. The first-order valence-electron chi connectivity index (χ1n) is 7.65. The molecular weight excluding hydrogens is 232 g/mol. The van der Waals surface area contributed by atoms with Crippen LogP contribution < -0.4 is 5.73 Å². The highest BCUT2D eigenvalue weighted by atomic mass is 15.2.